The summed E-state index contributed by atoms with van der Waals surface area (Å²) in [5, 5.41) is 4.21. The minimum absolute atomic E-state index is 0.324. The van der Waals surface area contributed by atoms with Crippen LogP contribution in [0.4, 0.5) is 5.82 Å². The number of nitrogens with one attached hydrogen (secondary N) is 1. The lowest BCUT2D eigenvalue weighted by molar-refractivity contribution is -0.0495. The number of rotatable bonds is 10. The van der Waals surface area contributed by atoms with Crippen molar-refractivity contribution in [3.8, 4) is 11.3 Å². The van der Waals surface area contributed by atoms with Crippen molar-refractivity contribution in [2.75, 3.05) is 25.6 Å². The second kappa shape index (κ2) is 13.0. The van der Waals surface area contributed by atoms with Gasteiger partial charge in [-0.1, -0.05) is 30.5 Å². The quantitative estimate of drug-likeness (QED) is 0.350. The Bertz CT molecular complexity index is 922. The van der Waals surface area contributed by atoms with Crippen molar-refractivity contribution in [1.29, 1.82) is 0 Å². The topological polar surface area (TPSA) is 56.3 Å². The molecular weight excluding hydrogens is 458 g/mol. The SMILES string of the molecule is COCCCC1CCC(Cc2cc(-c3cccc(NCC4C[C@@H](C)O[C@@H](C)C4)n3)c(Cl)cn2)CC1. The van der Waals surface area contributed by atoms with Crippen LogP contribution in [0.15, 0.2) is 30.5 Å². The van der Waals surface area contributed by atoms with E-state index in [9.17, 15) is 0 Å². The van der Waals surface area contributed by atoms with Gasteiger partial charge in [0.15, 0.2) is 0 Å². The monoisotopic (exact) mass is 499 g/mol. The van der Waals surface area contributed by atoms with E-state index in [1.807, 2.05) is 12.1 Å². The standard InChI is InChI=1S/C29H42ClN3O2/c1-20-14-24(15-21(2)35-20)18-32-29-8-4-7-28(33-29)26-17-25(31-19-27(26)30)16-23-11-9-22(10-12-23)6-5-13-34-3/h4,7-8,17,19-24H,5-6,9-16,18H2,1-3H3,(H,32,33)/t20-,21+,22?,23?,24?. The second-order valence-corrected chi connectivity index (χ2v) is 11.2. The molecule has 192 valence electrons. The first kappa shape index (κ1) is 26.4. The lowest BCUT2D eigenvalue weighted by Crippen LogP contribution is -2.32. The van der Waals surface area contributed by atoms with E-state index in [-0.39, 0.29) is 0 Å². The van der Waals surface area contributed by atoms with Gasteiger partial charge in [0.2, 0.25) is 0 Å². The third-order valence-electron chi connectivity index (χ3n) is 7.73. The Morgan fingerprint density at radius 1 is 1.06 bits per heavy atom. The highest BCUT2D eigenvalue weighted by molar-refractivity contribution is 6.33. The Kier molecular flexibility index (Phi) is 9.82. The lowest BCUT2D eigenvalue weighted by atomic mass is 9.78. The smallest absolute Gasteiger partial charge is 0.126 e. The van der Waals surface area contributed by atoms with Gasteiger partial charge in [0.05, 0.1) is 22.9 Å². The van der Waals surface area contributed by atoms with Crippen LogP contribution < -0.4 is 5.32 Å². The van der Waals surface area contributed by atoms with Crippen molar-refractivity contribution in [3.05, 3.63) is 41.2 Å². The number of anilines is 1. The molecule has 1 N–H and O–H groups in total. The van der Waals surface area contributed by atoms with E-state index in [0.29, 0.717) is 29.1 Å². The summed E-state index contributed by atoms with van der Waals surface area (Å²) in [5.41, 5.74) is 3.00. The fourth-order valence-electron chi connectivity index (χ4n) is 5.97. The minimum Gasteiger partial charge on any atom is -0.385 e. The van der Waals surface area contributed by atoms with Crippen molar-refractivity contribution in [2.45, 2.75) is 83.8 Å². The van der Waals surface area contributed by atoms with Crippen LogP contribution in [0.1, 0.15) is 70.9 Å². The summed E-state index contributed by atoms with van der Waals surface area (Å²) in [4.78, 5) is 9.56. The Morgan fingerprint density at radius 3 is 2.54 bits per heavy atom. The summed E-state index contributed by atoms with van der Waals surface area (Å²) in [6.45, 7) is 6.13. The zero-order valence-electron chi connectivity index (χ0n) is 21.6. The van der Waals surface area contributed by atoms with Gasteiger partial charge in [0, 0.05) is 37.7 Å². The number of hydrogen-bond acceptors (Lipinski definition) is 5. The van der Waals surface area contributed by atoms with Gasteiger partial charge in [-0.05, 0) is 94.7 Å². The summed E-state index contributed by atoms with van der Waals surface area (Å²) in [7, 11) is 1.79. The number of hydrogen-bond donors (Lipinski definition) is 1. The molecule has 3 heterocycles. The molecule has 1 saturated carbocycles. The van der Waals surface area contributed by atoms with Crippen molar-refractivity contribution < 1.29 is 9.47 Å². The molecule has 2 fully saturated rings. The van der Waals surface area contributed by atoms with Gasteiger partial charge in [-0.15, -0.1) is 0 Å². The van der Waals surface area contributed by atoms with Crippen molar-refractivity contribution in [1.82, 2.24) is 9.97 Å². The van der Waals surface area contributed by atoms with Crippen molar-refractivity contribution in [3.63, 3.8) is 0 Å². The van der Waals surface area contributed by atoms with Crippen LogP contribution >= 0.6 is 11.6 Å². The predicted molar refractivity (Wildman–Crippen MR) is 144 cm³/mol. The summed E-state index contributed by atoms with van der Waals surface area (Å²) in [5.74, 6) is 3.07. The van der Waals surface area contributed by atoms with Gasteiger partial charge in [-0.2, -0.15) is 0 Å². The molecule has 35 heavy (non-hydrogen) atoms. The zero-order valence-corrected chi connectivity index (χ0v) is 22.4. The van der Waals surface area contributed by atoms with E-state index in [0.717, 1.165) is 61.1 Å². The lowest BCUT2D eigenvalue weighted by Gasteiger charge is -2.32. The number of aromatic nitrogens is 2. The molecule has 0 bridgehead atoms. The molecule has 0 amide bonds. The van der Waals surface area contributed by atoms with Crippen LogP contribution in [-0.2, 0) is 15.9 Å². The van der Waals surface area contributed by atoms with Crippen LogP contribution in [-0.4, -0.2) is 42.4 Å². The van der Waals surface area contributed by atoms with Gasteiger partial charge in [0.25, 0.3) is 0 Å². The fraction of sp³-hybridized carbons (Fsp3) is 0.655. The molecule has 0 spiro atoms. The van der Waals surface area contributed by atoms with Gasteiger partial charge < -0.3 is 14.8 Å². The fourth-order valence-corrected chi connectivity index (χ4v) is 6.17. The maximum Gasteiger partial charge on any atom is 0.126 e. The molecule has 1 aliphatic heterocycles. The summed E-state index contributed by atoms with van der Waals surface area (Å²) < 4.78 is 11.1. The Morgan fingerprint density at radius 2 is 1.80 bits per heavy atom. The molecule has 2 aromatic heterocycles. The van der Waals surface area contributed by atoms with Crippen molar-refractivity contribution in [2.24, 2.45) is 17.8 Å². The molecule has 1 aliphatic carbocycles. The molecule has 1 saturated heterocycles. The third-order valence-corrected chi connectivity index (χ3v) is 8.03. The van der Waals surface area contributed by atoms with E-state index < -0.39 is 0 Å². The largest absolute Gasteiger partial charge is 0.385 e. The molecular formula is C29H42ClN3O2. The Balaban J connectivity index is 1.34. The number of ether oxygens (including phenoxy) is 2. The highest BCUT2D eigenvalue weighted by Gasteiger charge is 2.24. The molecule has 4 rings (SSSR count). The molecule has 0 aromatic carbocycles. The third kappa shape index (κ3) is 7.90. The Hall–Kier alpha value is -1.69. The molecule has 2 aliphatic rings. The molecule has 5 nitrogen and oxygen atoms in total. The van der Waals surface area contributed by atoms with E-state index in [1.165, 1.54) is 38.5 Å². The number of methoxy groups -OCH3 is 1. The first-order chi connectivity index (χ1) is 17.0. The maximum atomic E-state index is 6.59. The highest BCUT2D eigenvalue weighted by Crippen LogP contribution is 2.34. The number of nitrogens with zero attached hydrogens (tertiary/aromatic N) is 2. The Labute approximate surface area is 216 Å². The van der Waals surface area contributed by atoms with Crippen LogP contribution in [0.2, 0.25) is 5.02 Å². The second-order valence-electron chi connectivity index (χ2n) is 10.8. The normalized spacial score (nSPS) is 27.0. The van der Waals surface area contributed by atoms with Gasteiger partial charge >= 0.3 is 0 Å². The van der Waals surface area contributed by atoms with Crippen LogP contribution in [0, 0.1) is 17.8 Å². The van der Waals surface area contributed by atoms with E-state index >= 15 is 0 Å². The molecule has 6 heteroatoms. The van der Waals surface area contributed by atoms with E-state index in [4.69, 9.17) is 26.1 Å². The summed E-state index contributed by atoms with van der Waals surface area (Å²) in [6.07, 6.45) is 13.4. The zero-order chi connectivity index (χ0) is 24.6. The van der Waals surface area contributed by atoms with Gasteiger partial charge in [-0.25, -0.2) is 4.98 Å². The van der Waals surface area contributed by atoms with E-state index in [1.54, 1.807) is 13.3 Å². The molecule has 0 radical (unpaired) electrons. The van der Waals surface area contributed by atoms with Crippen LogP contribution in [0.5, 0.6) is 0 Å². The van der Waals surface area contributed by atoms with Crippen LogP contribution in [0.25, 0.3) is 11.3 Å². The van der Waals surface area contributed by atoms with E-state index in [2.05, 4.69) is 36.3 Å². The van der Waals surface area contributed by atoms with Gasteiger partial charge in [0.1, 0.15) is 5.82 Å². The number of pyridine rings is 2. The summed E-state index contributed by atoms with van der Waals surface area (Å²) in [6, 6.07) is 8.29. The van der Waals surface area contributed by atoms with Gasteiger partial charge in [-0.3, -0.25) is 4.98 Å². The molecule has 2 aromatic rings. The average Bonchev–Trinajstić information content (AvgIpc) is 2.85. The van der Waals surface area contributed by atoms with Crippen molar-refractivity contribution >= 4 is 17.4 Å². The molecule has 1 unspecified atom stereocenters. The first-order valence-electron chi connectivity index (χ1n) is 13.5. The predicted octanol–water partition coefficient (Wildman–Crippen LogP) is 7.19. The molecule has 3 atom stereocenters. The minimum atomic E-state index is 0.324. The first-order valence-corrected chi connectivity index (χ1v) is 13.9. The highest BCUT2D eigenvalue weighted by atomic mass is 35.5. The number of halogens is 1. The average molecular weight is 500 g/mol. The maximum absolute atomic E-state index is 6.59. The van der Waals surface area contributed by atoms with Crippen LogP contribution in [0.3, 0.4) is 0 Å². The summed E-state index contributed by atoms with van der Waals surface area (Å²) >= 11 is 6.59.